The lowest BCUT2D eigenvalue weighted by Crippen LogP contribution is -2.70. The van der Waals surface area contributed by atoms with E-state index in [1.54, 1.807) is 24.9 Å². The number of fused-ring (bicyclic) bond motifs is 2. The summed E-state index contributed by atoms with van der Waals surface area (Å²) in [6.45, 7) is 7.29. The van der Waals surface area contributed by atoms with Crippen LogP contribution in [-0.2, 0) is 14.4 Å². The molecule has 3 aliphatic carbocycles. The second-order valence-corrected chi connectivity index (χ2v) is 16.9. The van der Waals surface area contributed by atoms with E-state index in [2.05, 4.69) is 44.0 Å². The number of benzene rings is 2. The van der Waals surface area contributed by atoms with Crippen LogP contribution in [0.5, 0.6) is 17.2 Å². The highest BCUT2D eigenvalue weighted by molar-refractivity contribution is 7.98. The first-order valence-electron chi connectivity index (χ1n) is 21.1. The molecule has 0 radical (unpaired) electrons. The zero-order valence-corrected chi connectivity index (χ0v) is 34.7. The Morgan fingerprint density at radius 2 is 1.77 bits per heavy atom. The number of aliphatic hydroxyl groups is 2. The smallest absolute Gasteiger partial charge is 0.239 e. The topological polar surface area (TPSA) is 110 Å². The number of carbonyl (C=O) groups excluding carboxylic acids is 1. The first-order valence-corrected chi connectivity index (χ1v) is 22.4. The second kappa shape index (κ2) is 20.4. The molecule has 0 spiro atoms. The minimum atomic E-state index is -1.23. The average molecular weight is 789 g/mol. The molecular formula is C46H64N2O7S. The predicted molar refractivity (Wildman–Crippen MR) is 223 cm³/mol. The van der Waals surface area contributed by atoms with E-state index in [-0.39, 0.29) is 49.4 Å². The third kappa shape index (κ3) is 9.35. The largest absolute Gasteiger partial charge is 0.459 e. The SMILES string of the molecule is C=CCOC12Oc3ccc(Oc4ccc(SC)cc4)cc3C3C(CCCCO)C(CCCCO)C=C(C(=NOC)CC1N(CCC)C(=O)CCC1CCCC1)C32. The minimum Gasteiger partial charge on any atom is -0.459 e. The Labute approximate surface area is 338 Å². The van der Waals surface area contributed by atoms with Crippen molar-refractivity contribution in [2.45, 2.75) is 119 Å². The van der Waals surface area contributed by atoms with Gasteiger partial charge in [0.25, 0.3) is 0 Å². The summed E-state index contributed by atoms with van der Waals surface area (Å²) in [4.78, 5) is 23.4. The fourth-order valence-corrected chi connectivity index (χ4v) is 10.5. The summed E-state index contributed by atoms with van der Waals surface area (Å²) in [7, 11) is 1.59. The van der Waals surface area contributed by atoms with Gasteiger partial charge in [0, 0.05) is 49.0 Å². The molecule has 0 aromatic heterocycles. The normalized spacial score (nSPS) is 26.2. The molecule has 1 aliphatic heterocycles. The molecular weight excluding hydrogens is 725 g/mol. The van der Waals surface area contributed by atoms with E-state index < -0.39 is 11.8 Å². The van der Waals surface area contributed by atoms with Crippen molar-refractivity contribution < 1.29 is 34.1 Å². The lowest BCUT2D eigenvalue weighted by molar-refractivity contribution is -0.257. The summed E-state index contributed by atoms with van der Waals surface area (Å²) in [6.07, 6.45) is 18.7. The van der Waals surface area contributed by atoms with E-state index in [1.165, 1.54) is 30.6 Å². The molecule has 2 saturated carbocycles. The first-order chi connectivity index (χ1) is 27.4. The zero-order chi connectivity index (χ0) is 39.5. The molecule has 10 heteroatoms. The van der Waals surface area contributed by atoms with Crippen LogP contribution >= 0.6 is 11.8 Å². The van der Waals surface area contributed by atoms with Crippen molar-refractivity contribution in [1.29, 1.82) is 0 Å². The number of rotatable bonds is 21. The van der Waals surface area contributed by atoms with E-state index in [0.29, 0.717) is 31.7 Å². The van der Waals surface area contributed by atoms with Crippen LogP contribution in [0, 0.1) is 23.7 Å². The molecule has 1 heterocycles. The number of thioether (sulfide) groups is 1. The van der Waals surface area contributed by atoms with Crippen LogP contribution < -0.4 is 9.47 Å². The van der Waals surface area contributed by atoms with Gasteiger partial charge in [-0.15, -0.1) is 18.3 Å². The van der Waals surface area contributed by atoms with Crippen LogP contribution in [0.25, 0.3) is 0 Å². The number of unbranched alkanes of at least 4 members (excludes halogenated alkanes) is 2. The van der Waals surface area contributed by atoms with Gasteiger partial charge in [0.1, 0.15) is 30.4 Å². The second-order valence-electron chi connectivity index (χ2n) is 16.0. The van der Waals surface area contributed by atoms with E-state index in [9.17, 15) is 15.0 Å². The van der Waals surface area contributed by atoms with Gasteiger partial charge >= 0.3 is 0 Å². The fraction of sp³-hybridized carbons (Fsp3) is 0.609. The van der Waals surface area contributed by atoms with Crippen molar-refractivity contribution in [3.63, 3.8) is 0 Å². The lowest BCUT2D eigenvalue weighted by Gasteiger charge is -2.60. The number of nitrogens with zero attached hydrogens (tertiary/aromatic N) is 2. The van der Waals surface area contributed by atoms with E-state index in [1.807, 2.05) is 29.2 Å². The maximum atomic E-state index is 14.6. The zero-order valence-electron chi connectivity index (χ0n) is 33.8. The van der Waals surface area contributed by atoms with Gasteiger partial charge < -0.3 is 34.2 Å². The molecule has 2 fully saturated rings. The minimum absolute atomic E-state index is 0.0919. The summed E-state index contributed by atoms with van der Waals surface area (Å²) in [5.41, 5.74) is 2.92. The Morgan fingerprint density at radius 3 is 2.45 bits per heavy atom. The maximum absolute atomic E-state index is 14.6. The molecule has 306 valence electrons. The average Bonchev–Trinajstić information content (AvgIpc) is 3.74. The van der Waals surface area contributed by atoms with Crippen molar-refractivity contribution in [3.8, 4) is 17.2 Å². The first kappa shape index (κ1) is 42.3. The summed E-state index contributed by atoms with van der Waals surface area (Å²) in [6, 6.07) is 13.8. The summed E-state index contributed by atoms with van der Waals surface area (Å²) in [5, 5.41) is 24.5. The molecule has 56 heavy (non-hydrogen) atoms. The lowest BCUT2D eigenvalue weighted by atomic mass is 9.55. The van der Waals surface area contributed by atoms with Gasteiger partial charge in [0.05, 0.1) is 18.2 Å². The highest BCUT2D eigenvalue weighted by atomic mass is 32.2. The van der Waals surface area contributed by atoms with Gasteiger partial charge in [-0.2, -0.15) is 0 Å². The molecule has 1 amide bonds. The monoisotopic (exact) mass is 788 g/mol. The number of hydrogen-bond donors (Lipinski definition) is 2. The van der Waals surface area contributed by atoms with Crippen LogP contribution in [0.15, 0.2) is 76.8 Å². The molecule has 2 aromatic carbocycles. The van der Waals surface area contributed by atoms with Gasteiger partial charge in [-0.3, -0.25) is 4.79 Å². The van der Waals surface area contributed by atoms with Gasteiger partial charge in [-0.25, -0.2) is 0 Å². The van der Waals surface area contributed by atoms with Crippen LogP contribution in [0.4, 0.5) is 0 Å². The Hall–Kier alpha value is -3.31. The van der Waals surface area contributed by atoms with Crippen molar-refractivity contribution in [2.24, 2.45) is 28.8 Å². The van der Waals surface area contributed by atoms with Gasteiger partial charge in [0.2, 0.25) is 11.7 Å². The van der Waals surface area contributed by atoms with Crippen LogP contribution in [0.3, 0.4) is 0 Å². The number of allylic oxidation sites excluding steroid dienone is 1. The Balaban J connectivity index is 1.52. The highest BCUT2D eigenvalue weighted by Crippen LogP contribution is 2.62. The summed E-state index contributed by atoms with van der Waals surface area (Å²) in [5.74, 6) is 1.61. The molecule has 6 atom stereocenters. The van der Waals surface area contributed by atoms with E-state index >= 15 is 0 Å². The molecule has 4 aliphatic rings. The van der Waals surface area contributed by atoms with Crippen LogP contribution in [0.1, 0.15) is 108 Å². The highest BCUT2D eigenvalue weighted by Gasteiger charge is 2.65. The molecule has 9 nitrogen and oxygen atoms in total. The number of hydrogen-bond acceptors (Lipinski definition) is 9. The van der Waals surface area contributed by atoms with Crippen LogP contribution in [0.2, 0.25) is 0 Å². The molecule has 2 N–H and O–H groups in total. The van der Waals surface area contributed by atoms with Crippen molar-refractivity contribution in [2.75, 3.05) is 39.7 Å². The van der Waals surface area contributed by atoms with Gasteiger partial charge in [0.15, 0.2) is 0 Å². The molecule has 0 saturated heterocycles. The molecule has 0 bridgehead atoms. The third-order valence-electron chi connectivity index (χ3n) is 12.5. The van der Waals surface area contributed by atoms with Crippen molar-refractivity contribution in [1.82, 2.24) is 4.90 Å². The number of oxime groups is 1. The number of carbonyl (C=O) groups is 1. The van der Waals surface area contributed by atoms with Gasteiger partial charge in [-0.1, -0.05) is 62.8 Å². The van der Waals surface area contributed by atoms with Crippen LogP contribution in [-0.4, -0.2) is 78.3 Å². The fourth-order valence-electron chi connectivity index (χ4n) is 10.1. The number of amides is 1. The van der Waals surface area contributed by atoms with Crippen molar-refractivity contribution >= 4 is 23.4 Å². The third-order valence-corrected chi connectivity index (χ3v) is 13.3. The molecule has 6 rings (SSSR count). The predicted octanol–water partition coefficient (Wildman–Crippen LogP) is 9.67. The maximum Gasteiger partial charge on any atom is 0.239 e. The summed E-state index contributed by atoms with van der Waals surface area (Å²) >= 11 is 1.69. The van der Waals surface area contributed by atoms with E-state index in [0.717, 1.165) is 79.0 Å². The Morgan fingerprint density at radius 1 is 1.04 bits per heavy atom. The van der Waals surface area contributed by atoms with Gasteiger partial charge in [-0.05, 0) is 111 Å². The van der Waals surface area contributed by atoms with Crippen molar-refractivity contribution in [3.05, 3.63) is 72.3 Å². The van der Waals surface area contributed by atoms with E-state index in [4.69, 9.17) is 24.2 Å². The summed E-state index contributed by atoms with van der Waals surface area (Å²) < 4.78 is 21.0. The Bertz CT molecular complexity index is 1660. The number of aliphatic hydroxyl groups excluding tert-OH is 2. The Kier molecular flexibility index (Phi) is 15.4. The number of ether oxygens (including phenoxy) is 3. The molecule has 6 unspecified atom stereocenters. The standard InChI is InChI=1S/C46H64N2O7S/c1-5-25-48(43(51)24-17-32-13-7-8-14-32)42-31-40(47-52-3)38-29-33(15-9-11-26-49)37(16-10-12-27-50)44-39-30-35(54-34-18-21-36(56-4)22-19-34)20-23-41(39)55-46(42,45(38)44)53-28-6-2/h6,18-23,29-30,32-33,37,42,44-45,49-50H,2,5,7-17,24-28,31H2,1,3-4H3. The quantitative estimate of drug-likeness (QED) is 0.0557. The molecule has 2 aromatic rings.